The second-order valence-corrected chi connectivity index (χ2v) is 12.6. The molecule has 0 N–H and O–H groups in total. The number of rotatable bonds is 14. The zero-order valence-electron chi connectivity index (χ0n) is 30.5. The number of pyridine rings is 2. The van der Waals surface area contributed by atoms with Crippen LogP contribution in [0.4, 0.5) is 10.1 Å². The molecule has 0 aliphatic carbocycles. The van der Waals surface area contributed by atoms with E-state index in [0.717, 1.165) is 71.7 Å². The topological polar surface area (TPSA) is 87.6 Å². The number of hydrogen-bond acceptors (Lipinski definition) is 10. The molecule has 5 aromatic rings. The van der Waals surface area contributed by atoms with Gasteiger partial charge in [0.25, 0.3) is 0 Å². The van der Waals surface area contributed by atoms with Gasteiger partial charge in [-0.15, -0.1) is 0 Å². The lowest BCUT2D eigenvalue weighted by atomic mass is 9.99. The Kier molecular flexibility index (Phi) is 11.6. The molecule has 11 heteroatoms. The summed E-state index contributed by atoms with van der Waals surface area (Å²) >= 11 is 0. The normalized spacial score (nSPS) is 13.4. The van der Waals surface area contributed by atoms with Gasteiger partial charge in [-0.25, -0.2) is 4.39 Å². The van der Waals surface area contributed by atoms with Crippen LogP contribution < -0.4 is 33.3 Å². The first-order valence-electron chi connectivity index (χ1n) is 17.1. The lowest BCUT2D eigenvalue weighted by molar-refractivity contribution is 0.200. The molecule has 52 heavy (non-hydrogen) atoms. The molecule has 0 atom stereocenters. The van der Waals surface area contributed by atoms with Crippen molar-refractivity contribution in [3.63, 3.8) is 0 Å². The number of benzene rings is 3. The van der Waals surface area contributed by atoms with Gasteiger partial charge in [0.1, 0.15) is 5.82 Å². The molecule has 1 aliphatic rings. The van der Waals surface area contributed by atoms with E-state index in [1.54, 1.807) is 42.7 Å². The lowest BCUT2D eigenvalue weighted by Crippen LogP contribution is -2.44. The van der Waals surface area contributed by atoms with Gasteiger partial charge in [0.2, 0.25) is 11.5 Å². The van der Waals surface area contributed by atoms with Crippen molar-refractivity contribution >= 4 is 5.69 Å². The van der Waals surface area contributed by atoms with Crippen molar-refractivity contribution in [2.75, 3.05) is 60.6 Å². The quantitative estimate of drug-likeness (QED) is 0.115. The van der Waals surface area contributed by atoms with Crippen LogP contribution in [0.3, 0.4) is 0 Å². The Hall–Kier alpha value is -5.55. The summed E-state index contributed by atoms with van der Waals surface area (Å²) in [6.45, 7) is 3.22. The maximum absolute atomic E-state index is 14.1. The van der Waals surface area contributed by atoms with Gasteiger partial charge in [-0.2, -0.15) is 0 Å². The fourth-order valence-corrected chi connectivity index (χ4v) is 6.85. The van der Waals surface area contributed by atoms with Gasteiger partial charge < -0.3 is 33.3 Å². The minimum atomic E-state index is -0.255. The van der Waals surface area contributed by atoms with Crippen LogP contribution in [0.25, 0.3) is 22.4 Å². The molecule has 0 radical (unpaired) electrons. The number of piperidine rings is 1. The van der Waals surface area contributed by atoms with E-state index in [1.165, 1.54) is 12.1 Å². The molecule has 1 fully saturated rings. The van der Waals surface area contributed by atoms with Crippen molar-refractivity contribution in [1.29, 1.82) is 0 Å². The Balaban J connectivity index is 1.19. The van der Waals surface area contributed by atoms with Crippen molar-refractivity contribution in [1.82, 2.24) is 14.9 Å². The summed E-state index contributed by atoms with van der Waals surface area (Å²) in [6.07, 6.45) is 7.49. The Morgan fingerprint density at radius 2 is 1.23 bits per heavy atom. The fraction of sp³-hybridized carbons (Fsp3) is 0.317. The summed E-state index contributed by atoms with van der Waals surface area (Å²) in [5.41, 5.74) is 6.72. The summed E-state index contributed by atoms with van der Waals surface area (Å²) in [5.74, 6) is 3.15. The number of methoxy groups -OCH3 is 6. The molecule has 2 aromatic heterocycles. The second-order valence-electron chi connectivity index (χ2n) is 12.6. The summed E-state index contributed by atoms with van der Waals surface area (Å²) < 4.78 is 47.4. The van der Waals surface area contributed by atoms with Crippen molar-refractivity contribution < 1.29 is 32.8 Å². The van der Waals surface area contributed by atoms with Gasteiger partial charge in [-0.05, 0) is 96.3 Å². The molecule has 10 nitrogen and oxygen atoms in total. The van der Waals surface area contributed by atoms with Gasteiger partial charge in [0, 0.05) is 67.6 Å². The molecule has 3 heterocycles. The van der Waals surface area contributed by atoms with Crippen LogP contribution in [0.15, 0.2) is 85.3 Å². The SMILES string of the molecule is COc1cc(-c2cncc(CN3CCC(N(Cc4ccnc(-c5cc(OC)c(OC)c(OC)c5)c4)c4ccc(F)cc4)CC3)c2)cc(OC)c1OC. The number of hydrogen-bond donors (Lipinski definition) is 0. The first-order valence-corrected chi connectivity index (χ1v) is 17.1. The van der Waals surface area contributed by atoms with E-state index in [2.05, 4.69) is 31.9 Å². The number of ether oxygens (including phenoxy) is 6. The average molecular weight is 709 g/mol. The minimum Gasteiger partial charge on any atom is -0.493 e. The van der Waals surface area contributed by atoms with Gasteiger partial charge in [0.15, 0.2) is 23.0 Å². The molecule has 272 valence electrons. The lowest BCUT2D eigenvalue weighted by Gasteiger charge is -2.40. The van der Waals surface area contributed by atoms with E-state index >= 15 is 0 Å². The van der Waals surface area contributed by atoms with Crippen LogP contribution >= 0.6 is 0 Å². The van der Waals surface area contributed by atoms with Crippen LogP contribution in [0.1, 0.15) is 24.0 Å². The third-order valence-corrected chi connectivity index (χ3v) is 9.49. The largest absolute Gasteiger partial charge is 0.493 e. The van der Waals surface area contributed by atoms with Crippen LogP contribution in [0.2, 0.25) is 0 Å². The predicted molar refractivity (Wildman–Crippen MR) is 200 cm³/mol. The monoisotopic (exact) mass is 708 g/mol. The Labute approximate surface area is 304 Å². The number of nitrogens with zero attached hydrogens (tertiary/aromatic N) is 4. The van der Waals surface area contributed by atoms with Crippen molar-refractivity contribution in [3.8, 4) is 56.9 Å². The summed E-state index contributed by atoms with van der Waals surface area (Å²) in [6, 6.07) is 21.0. The van der Waals surface area contributed by atoms with Gasteiger partial charge in [0.05, 0.1) is 48.4 Å². The van der Waals surface area contributed by atoms with Crippen LogP contribution in [0, 0.1) is 5.82 Å². The smallest absolute Gasteiger partial charge is 0.203 e. The second kappa shape index (κ2) is 16.6. The van der Waals surface area contributed by atoms with E-state index in [0.29, 0.717) is 41.0 Å². The minimum absolute atomic E-state index is 0.253. The van der Waals surface area contributed by atoms with Crippen LogP contribution in [-0.4, -0.2) is 76.7 Å². The van der Waals surface area contributed by atoms with Crippen molar-refractivity contribution in [2.45, 2.75) is 32.0 Å². The zero-order valence-corrected chi connectivity index (χ0v) is 30.5. The molecule has 0 bridgehead atoms. The Morgan fingerprint density at radius 1 is 0.654 bits per heavy atom. The van der Waals surface area contributed by atoms with Gasteiger partial charge >= 0.3 is 0 Å². The predicted octanol–water partition coefficient (Wildman–Crippen LogP) is 7.67. The number of aromatic nitrogens is 2. The molecule has 0 saturated carbocycles. The van der Waals surface area contributed by atoms with E-state index < -0.39 is 0 Å². The van der Waals surface area contributed by atoms with E-state index in [4.69, 9.17) is 28.4 Å². The average Bonchev–Trinajstić information content (AvgIpc) is 3.19. The van der Waals surface area contributed by atoms with Crippen molar-refractivity contribution in [3.05, 3.63) is 102 Å². The van der Waals surface area contributed by atoms with Crippen LogP contribution in [0.5, 0.6) is 34.5 Å². The maximum atomic E-state index is 14.1. The molecule has 0 unspecified atom stereocenters. The van der Waals surface area contributed by atoms with Crippen LogP contribution in [-0.2, 0) is 13.1 Å². The van der Waals surface area contributed by atoms with Crippen molar-refractivity contribution in [2.24, 2.45) is 0 Å². The third kappa shape index (κ3) is 8.00. The standard InChI is InChI=1S/C41H45FN4O6/c1-47-36-19-29(20-37(48-2)40(36)51-5)31-17-28(23-43-24-31)25-45-15-12-34(13-16-45)46(33-9-7-32(42)8-10-33)26-27-11-14-44-35(18-27)30-21-38(49-3)41(52-6)39(22-30)50-4/h7-11,14,17-24,34H,12-13,15-16,25-26H2,1-6H3. The molecular weight excluding hydrogens is 663 g/mol. The van der Waals surface area contributed by atoms with E-state index in [1.807, 2.05) is 61.1 Å². The third-order valence-electron chi connectivity index (χ3n) is 9.49. The first kappa shape index (κ1) is 36.2. The Morgan fingerprint density at radius 3 is 1.79 bits per heavy atom. The zero-order chi connectivity index (χ0) is 36.6. The molecule has 3 aromatic carbocycles. The number of anilines is 1. The highest BCUT2D eigenvalue weighted by molar-refractivity contribution is 5.71. The van der Waals surface area contributed by atoms with Gasteiger partial charge in [-0.3, -0.25) is 14.9 Å². The molecule has 0 spiro atoms. The number of likely N-dealkylation sites (tertiary alicyclic amines) is 1. The molecule has 0 amide bonds. The Bertz CT molecular complexity index is 1920. The highest BCUT2D eigenvalue weighted by Crippen LogP contribution is 2.42. The summed E-state index contributed by atoms with van der Waals surface area (Å²) in [5, 5.41) is 0. The number of halogens is 1. The molecule has 6 rings (SSSR count). The highest BCUT2D eigenvalue weighted by Gasteiger charge is 2.26. The first-order chi connectivity index (χ1) is 25.4. The molecule has 1 aliphatic heterocycles. The molecule has 1 saturated heterocycles. The summed E-state index contributed by atoms with van der Waals surface area (Å²) in [4.78, 5) is 14.1. The molecular formula is C41H45FN4O6. The summed E-state index contributed by atoms with van der Waals surface area (Å²) in [7, 11) is 9.61. The maximum Gasteiger partial charge on any atom is 0.203 e. The highest BCUT2D eigenvalue weighted by atomic mass is 19.1. The van der Waals surface area contributed by atoms with E-state index in [-0.39, 0.29) is 11.9 Å². The fourth-order valence-electron chi connectivity index (χ4n) is 6.85. The van der Waals surface area contributed by atoms with E-state index in [9.17, 15) is 4.39 Å². The van der Waals surface area contributed by atoms with Gasteiger partial charge in [-0.1, -0.05) is 0 Å².